The summed E-state index contributed by atoms with van der Waals surface area (Å²) in [6.07, 6.45) is 0.223. The molecule has 1 heterocycles. The third-order valence-electron chi connectivity index (χ3n) is 2.40. The predicted molar refractivity (Wildman–Crippen MR) is 62.5 cm³/mol. The lowest BCUT2D eigenvalue weighted by atomic mass is 10.2. The molecule has 0 radical (unpaired) electrons. The Morgan fingerprint density at radius 3 is 2.81 bits per heavy atom. The van der Waals surface area contributed by atoms with E-state index >= 15 is 0 Å². The molecular formula is C12H14O3S. The normalized spacial score (nSPS) is 25.7. The number of benzene rings is 1. The largest absolute Gasteiger partial charge is 0.355 e. The predicted octanol–water partition coefficient (Wildman–Crippen LogP) is 2.11. The van der Waals surface area contributed by atoms with Crippen molar-refractivity contribution in [1.82, 2.24) is 0 Å². The molecule has 4 heteroatoms. The molecule has 0 aromatic heterocycles. The summed E-state index contributed by atoms with van der Waals surface area (Å²) in [5.41, 5.74) is 0. The molecule has 1 saturated heterocycles. The molecule has 1 aromatic rings. The summed E-state index contributed by atoms with van der Waals surface area (Å²) < 4.78 is 10.6. The third kappa shape index (κ3) is 2.84. The van der Waals surface area contributed by atoms with Gasteiger partial charge in [0.05, 0.1) is 5.25 Å². The van der Waals surface area contributed by atoms with E-state index in [0.717, 1.165) is 4.90 Å². The van der Waals surface area contributed by atoms with Gasteiger partial charge in [-0.25, -0.2) is 0 Å². The Kier molecular flexibility index (Phi) is 3.98. The van der Waals surface area contributed by atoms with Crippen LogP contribution in [-0.2, 0) is 14.3 Å². The highest BCUT2D eigenvalue weighted by molar-refractivity contribution is 8.00. The van der Waals surface area contributed by atoms with Crippen molar-refractivity contribution in [3.05, 3.63) is 30.3 Å². The Labute approximate surface area is 99.1 Å². The number of thioether (sulfide) groups is 1. The molecule has 86 valence electrons. The Balaban J connectivity index is 2.03. The van der Waals surface area contributed by atoms with Crippen molar-refractivity contribution >= 4 is 17.5 Å². The lowest BCUT2D eigenvalue weighted by Gasteiger charge is -2.29. The molecule has 0 unspecified atom stereocenters. The highest BCUT2D eigenvalue weighted by Crippen LogP contribution is 2.31. The first-order valence-corrected chi connectivity index (χ1v) is 6.05. The van der Waals surface area contributed by atoms with E-state index < -0.39 is 0 Å². The van der Waals surface area contributed by atoms with Gasteiger partial charge in [0.15, 0.2) is 12.1 Å². The van der Waals surface area contributed by atoms with Gasteiger partial charge < -0.3 is 9.47 Å². The van der Waals surface area contributed by atoms with Gasteiger partial charge >= 0.3 is 0 Å². The quantitative estimate of drug-likeness (QED) is 0.808. The molecule has 1 aromatic carbocycles. The molecule has 16 heavy (non-hydrogen) atoms. The number of methoxy groups -OCH3 is 1. The SMILES string of the molecule is CO[C@H]1OCC(=O)C[C@@H]1Sc1ccccc1. The highest BCUT2D eigenvalue weighted by Gasteiger charge is 2.30. The number of hydrogen-bond donors (Lipinski definition) is 0. The van der Waals surface area contributed by atoms with Crippen LogP contribution in [0.2, 0.25) is 0 Å². The molecular weight excluding hydrogens is 224 g/mol. The zero-order chi connectivity index (χ0) is 11.4. The summed E-state index contributed by atoms with van der Waals surface area (Å²) in [7, 11) is 1.61. The van der Waals surface area contributed by atoms with Crippen molar-refractivity contribution in [2.75, 3.05) is 13.7 Å². The van der Waals surface area contributed by atoms with Gasteiger partial charge in [-0.2, -0.15) is 0 Å². The van der Waals surface area contributed by atoms with Gasteiger partial charge in [-0.1, -0.05) is 18.2 Å². The van der Waals surface area contributed by atoms with Crippen LogP contribution in [0.4, 0.5) is 0 Å². The van der Waals surface area contributed by atoms with Crippen molar-refractivity contribution in [2.24, 2.45) is 0 Å². The first-order chi connectivity index (χ1) is 7.79. The maximum Gasteiger partial charge on any atom is 0.170 e. The standard InChI is InChI=1S/C12H14O3S/c1-14-12-11(7-9(13)8-15-12)16-10-5-3-2-4-6-10/h2-6,11-12H,7-8H2,1H3/t11-,12-/m0/s1. The van der Waals surface area contributed by atoms with Crippen molar-refractivity contribution in [3.8, 4) is 0 Å². The fraction of sp³-hybridized carbons (Fsp3) is 0.417. The van der Waals surface area contributed by atoms with E-state index in [9.17, 15) is 4.79 Å². The molecule has 2 rings (SSSR count). The Morgan fingerprint density at radius 1 is 1.38 bits per heavy atom. The summed E-state index contributed by atoms with van der Waals surface area (Å²) in [4.78, 5) is 12.5. The van der Waals surface area contributed by atoms with Crippen molar-refractivity contribution < 1.29 is 14.3 Å². The number of ether oxygens (including phenoxy) is 2. The Bertz CT molecular complexity index is 353. The fourth-order valence-corrected chi connectivity index (χ4v) is 2.89. The molecule has 0 saturated carbocycles. The molecule has 1 aliphatic rings. The Morgan fingerprint density at radius 2 is 2.12 bits per heavy atom. The van der Waals surface area contributed by atoms with E-state index in [-0.39, 0.29) is 23.9 Å². The smallest absolute Gasteiger partial charge is 0.170 e. The van der Waals surface area contributed by atoms with Gasteiger partial charge in [-0.05, 0) is 12.1 Å². The monoisotopic (exact) mass is 238 g/mol. The summed E-state index contributed by atoms with van der Waals surface area (Å²) in [6, 6.07) is 9.98. The van der Waals surface area contributed by atoms with Crippen molar-refractivity contribution in [1.29, 1.82) is 0 Å². The zero-order valence-corrected chi connectivity index (χ0v) is 9.91. The van der Waals surface area contributed by atoms with Crippen LogP contribution in [0.25, 0.3) is 0 Å². The molecule has 0 spiro atoms. The van der Waals surface area contributed by atoms with Crippen LogP contribution in [-0.4, -0.2) is 31.0 Å². The van der Waals surface area contributed by atoms with Crippen LogP contribution in [0.3, 0.4) is 0 Å². The van der Waals surface area contributed by atoms with Crippen molar-refractivity contribution in [2.45, 2.75) is 22.9 Å². The Hall–Kier alpha value is -0.840. The molecule has 1 aliphatic heterocycles. The molecule has 0 amide bonds. The van der Waals surface area contributed by atoms with E-state index in [1.165, 1.54) is 0 Å². The number of Topliss-reactive ketones (excluding diaryl/α,β-unsaturated/α-hetero) is 1. The van der Waals surface area contributed by atoms with Gasteiger partial charge in [-0.3, -0.25) is 4.79 Å². The van der Waals surface area contributed by atoms with E-state index in [1.54, 1.807) is 18.9 Å². The zero-order valence-electron chi connectivity index (χ0n) is 9.09. The topological polar surface area (TPSA) is 35.5 Å². The number of carbonyl (C=O) groups excluding carboxylic acids is 1. The first-order valence-electron chi connectivity index (χ1n) is 5.17. The lowest BCUT2D eigenvalue weighted by Crippen LogP contribution is -2.38. The molecule has 0 N–H and O–H groups in total. The number of hydrogen-bond acceptors (Lipinski definition) is 4. The van der Waals surface area contributed by atoms with Gasteiger partial charge in [0.1, 0.15) is 6.61 Å². The molecule has 0 bridgehead atoms. The van der Waals surface area contributed by atoms with Crippen LogP contribution in [0.1, 0.15) is 6.42 Å². The van der Waals surface area contributed by atoms with E-state index in [2.05, 4.69) is 0 Å². The van der Waals surface area contributed by atoms with Crippen LogP contribution < -0.4 is 0 Å². The van der Waals surface area contributed by atoms with Crippen LogP contribution in [0, 0.1) is 0 Å². The maximum atomic E-state index is 11.3. The third-order valence-corrected chi connectivity index (χ3v) is 3.64. The molecule has 0 aliphatic carbocycles. The second-order valence-electron chi connectivity index (χ2n) is 3.63. The average Bonchev–Trinajstić information content (AvgIpc) is 2.31. The van der Waals surface area contributed by atoms with Gasteiger partial charge in [0.25, 0.3) is 0 Å². The van der Waals surface area contributed by atoms with Crippen molar-refractivity contribution in [3.63, 3.8) is 0 Å². The molecule has 3 nitrogen and oxygen atoms in total. The number of carbonyl (C=O) groups is 1. The average molecular weight is 238 g/mol. The summed E-state index contributed by atoms with van der Waals surface area (Å²) in [6.45, 7) is 0.171. The van der Waals surface area contributed by atoms with Crippen LogP contribution in [0.15, 0.2) is 35.2 Å². The fourth-order valence-electron chi connectivity index (χ4n) is 1.65. The molecule has 2 atom stereocenters. The van der Waals surface area contributed by atoms with E-state index in [4.69, 9.17) is 9.47 Å². The summed E-state index contributed by atoms with van der Waals surface area (Å²) in [5, 5.41) is 0.0497. The van der Waals surface area contributed by atoms with Gasteiger partial charge in [0.2, 0.25) is 0 Å². The van der Waals surface area contributed by atoms with Crippen LogP contribution in [0.5, 0.6) is 0 Å². The minimum atomic E-state index is -0.289. The van der Waals surface area contributed by atoms with E-state index in [1.807, 2.05) is 30.3 Å². The van der Waals surface area contributed by atoms with Gasteiger partial charge in [0, 0.05) is 18.4 Å². The van der Waals surface area contributed by atoms with Gasteiger partial charge in [-0.15, -0.1) is 11.8 Å². The van der Waals surface area contributed by atoms with Crippen LogP contribution >= 0.6 is 11.8 Å². The maximum absolute atomic E-state index is 11.3. The summed E-state index contributed by atoms with van der Waals surface area (Å²) in [5.74, 6) is 0.140. The summed E-state index contributed by atoms with van der Waals surface area (Å²) >= 11 is 1.63. The lowest BCUT2D eigenvalue weighted by molar-refractivity contribution is -0.160. The molecule has 1 fully saturated rings. The minimum absolute atomic E-state index is 0.0497. The highest BCUT2D eigenvalue weighted by atomic mass is 32.2. The second-order valence-corrected chi connectivity index (χ2v) is 4.94. The van der Waals surface area contributed by atoms with E-state index in [0.29, 0.717) is 6.42 Å². The second kappa shape index (κ2) is 5.48. The minimum Gasteiger partial charge on any atom is -0.355 e. The number of ketones is 1. The number of rotatable bonds is 3. The first kappa shape index (κ1) is 11.6.